The summed E-state index contributed by atoms with van der Waals surface area (Å²) in [6.45, 7) is 6.68. The second kappa shape index (κ2) is 7.82. The summed E-state index contributed by atoms with van der Waals surface area (Å²) in [5.41, 5.74) is 1.05. The first-order valence-electron chi connectivity index (χ1n) is 10.3. The van der Waals surface area contributed by atoms with Crippen molar-refractivity contribution in [1.29, 1.82) is 0 Å². The Bertz CT molecular complexity index is 689. The van der Waals surface area contributed by atoms with Gasteiger partial charge in [-0.15, -0.1) is 0 Å². The van der Waals surface area contributed by atoms with Crippen molar-refractivity contribution in [1.82, 2.24) is 19.8 Å². The standard InChI is InChI=1S/C20H29N5O2/c1-2-17-13-18(22-14-21-17)23-9-11-25(12-10-23)20(27)16-5-7-24(8-6-16)19(26)15-3-4-15/h13-16H,2-12H2,1H3. The predicted molar refractivity (Wildman–Crippen MR) is 102 cm³/mol. The van der Waals surface area contributed by atoms with E-state index >= 15 is 0 Å². The van der Waals surface area contributed by atoms with Crippen molar-refractivity contribution >= 4 is 17.6 Å². The monoisotopic (exact) mass is 371 g/mol. The van der Waals surface area contributed by atoms with Gasteiger partial charge in [-0.25, -0.2) is 9.97 Å². The fourth-order valence-corrected chi connectivity index (χ4v) is 4.10. The molecule has 3 aliphatic rings. The Morgan fingerprint density at radius 1 is 0.889 bits per heavy atom. The van der Waals surface area contributed by atoms with Gasteiger partial charge in [-0.05, 0) is 32.1 Å². The molecule has 3 fully saturated rings. The van der Waals surface area contributed by atoms with Gasteiger partial charge < -0.3 is 14.7 Å². The van der Waals surface area contributed by atoms with Crippen LogP contribution in [0.3, 0.4) is 0 Å². The van der Waals surface area contributed by atoms with E-state index in [1.54, 1.807) is 6.33 Å². The van der Waals surface area contributed by atoms with Crippen molar-refractivity contribution in [3.8, 4) is 0 Å². The predicted octanol–water partition coefficient (Wildman–Crippen LogP) is 1.34. The molecular weight excluding hydrogens is 342 g/mol. The number of hydrogen-bond acceptors (Lipinski definition) is 5. The Morgan fingerprint density at radius 2 is 1.48 bits per heavy atom. The number of aryl methyl sites for hydroxylation is 1. The molecule has 7 heteroatoms. The molecule has 0 N–H and O–H groups in total. The highest BCUT2D eigenvalue weighted by molar-refractivity contribution is 5.82. The van der Waals surface area contributed by atoms with Gasteiger partial charge in [-0.1, -0.05) is 6.92 Å². The number of hydrogen-bond donors (Lipinski definition) is 0. The zero-order chi connectivity index (χ0) is 18.8. The molecule has 1 aromatic heterocycles. The molecule has 3 heterocycles. The van der Waals surface area contributed by atoms with E-state index in [9.17, 15) is 9.59 Å². The molecule has 27 heavy (non-hydrogen) atoms. The molecule has 7 nitrogen and oxygen atoms in total. The lowest BCUT2D eigenvalue weighted by Gasteiger charge is -2.39. The number of anilines is 1. The van der Waals surface area contributed by atoms with E-state index < -0.39 is 0 Å². The van der Waals surface area contributed by atoms with Crippen molar-refractivity contribution in [3.63, 3.8) is 0 Å². The molecular formula is C20H29N5O2. The molecule has 0 radical (unpaired) electrons. The minimum atomic E-state index is 0.0746. The van der Waals surface area contributed by atoms with Gasteiger partial charge in [0, 0.05) is 62.9 Å². The maximum absolute atomic E-state index is 12.9. The van der Waals surface area contributed by atoms with Gasteiger partial charge in [-0.3, -0.25) is 9.59 Å². The number of carbonyl (C=O) groups is 2. The average molecular weight is 371 g/mol. The number of piperazine rings is 1. The second-order valence-corrected chi connectivity index (χ2v) is 7.91. The summed E-state index contributed by atoms with van der Waals surface area (Å²) in [6, 6.07) is 2.05. The van der Waals surface area contributed by atoms with Crippen molar-refractivity contribution in [2.24, 2.45) is 11.8 Å². The molecule has 146 valence electrons. The lowest BCUT2D eigenvalue weighted by Crippen LogP contribution is -2.52. The van der Waals surface area contributed by atoms with Crippen LogP contribution in [-0.2, 0) is 16.0 Å². The Labute approximate surface area is 160 Å². The van der Waals surface area contributed by atoms with Crippen LogP contribution >= 0.6 is 0 Å². The van der Waals surface area contributed by atoms with Crippen LogP contribution in [-0.4, -0.2) is 70.9 Å². The molecule has 1 saturated carbocycles. The van der Waals surface area contributed by atoms with Crippen LogP contribution < -0.4 is 4.90 Å². The minimum Gasteiger partial charge on any atom is -0.353 e. The molecule has 1 aliphatic carbocycles. The first-order chi connectivity index (χ1) is 13.2. The molecule has 2 saturated heterocycles. The van der Waals surface area contributed by atoms with E-state index in [4.69, 9.17) is 0 Å². The van der Waals surface area contributed by atoms with Crippen molar-refractivity contribution < 1.29 is 9.59 Å². The van der Waals surface area contributed by atoms with Gasteiger partial charge in [-0.2, -0.15) is 0 Å². The van der Waals surface area contributed by atoms with E-state index in [0.29, 0.717) is 5.91 Å². The smallest absolute Gasteiger partial charge is 0.225 e. The highest BCUT2D eigenvalue weighted by Crippen LogP contribution is 2.32. The topological polar surface area (TPSA) is 69.6 Å². The Morgan fingerprint density at radius 3 is 2.07 bits per heavy atom. The average Bonchev–Trinajstić information content (AvgIpc) is 3.58. The van der Waals surface area contributed by atoms with E-state index in [1.807, 2.05) is 15.9 Å². The first-order valence-corrected chi connectivity index (χ1v) is 10.3. The highest BCUT2D eigenvalue weighted by atomic mass is 16.2. The van der Waals surface area contributed by atoms with E-state index in [1.165, 1.54) is 0 Å². The fourth-order valence-electron chi connectivity index (χ4n) is 4.10. The van der Waals surface area contributed by atoms with Crippen LogP contribution in [0.2, 0.25) is 0 Å². The Hall–Kier alpha value is -2.18. The number of nitrogens with zero attached hydrogens (tertiary/aromatic N) is 5. The Kier molecular flexibility index (Phi) is 5.27. The van der Waals surface area contributed by atoms with Gasteiger partial charge in [0.05, 0.1) is 0 Å². The fraction of sp³-hybridized carbons (Fsp3) is 0.700. The molecule has 0 atom stereocenters. The number of rotatable bonds is 4. The highest BCUT2D eigenvalue weighted by Gasteiger charge is 2.37. The molecule has 2 aliphatic heterocycles. The van der Waals surface area contributed by atoms with Crippen LogP contribution in [0.5, 0.6) is 0 Å². The number of carbonyl (C=O) groups excluding carboxylic acids is 2. The third-order valence-corrected chi connectivity index (χ3v) is 6.07. The third kappa shape index (κ3) is 4.06. The van der Waals surface area contributed by atoms with Crippen LogP contribution in [0, 0.1) is 11.8 Å². The number of aromatic nitrogens is 2. The summed E-state index contributed by atoms with van der Waals surface area (Å²) in [4.78, 5) is 39.9. The zero-order valence-electron chi connectivity index (χ0n) is 16.1. The normalized spacial score (nSPS) is 21.4. The number of piperidine rings is 1. The lowest BCUT2D eigenvalue weighted by molar-refractivity contribution is -0.141. The van der Waals surface area contributed by atoms with Crippen LogP contribution in [0.15, 0.2) is 12.4 Å². The first kappa shape index (κ1) is 18.2. The molecule has 1 aromatic rings. The van der Waals surface area contributed by atoms with Crippen LogP contribution in [0.4, 0.5) is 5.82 Å². The third-order valence-electron chi connectivity index (χ3n) is 6.07. The molecule has 0 spiro atoms. The van der Waals surface area contributed by atoms with E-state index in [2.05, 4.69) is 21.8 Å². The summed E-state index contributed by atoms with van der Waals surface area (Å²) in [6.07, 6.45) is 6.24. The maximum atomic E-state index is 12.9. The quantitative estimate of drug-likeness (QED) is 0.799. The van der Waals surface area contributed by atoms with Gasteiger partial charge in [0.2, 0.25) is 11.8 Å². The summed E-state index contributed by atoms with van der Waals surface area (Å²) < 4.78 is 0. The summed E-state index contributed by atoms with van der Waals surface area (Å²) in [5, 5.41) is 0. The van der Waals surface area contributed by atoms with Crippen LogP contribution in [0.25, 0.3) is 0 Å². The van der Waals surface area contributed by atoms with Gasteiger partial charge in [0.25, 0.3) is 0 Å². The van der Waals surface area contributed by atoms with E-state index in [0.717, 1.165) is 82.9 Å². The molecule has 0 bridgehead atoms. The van der Waals surface area contributed by atoms with Crippen molar-refractivity contribution in [3.05, 3.63) is 18.1 Å². The summed E-state index contributed by atoms with van der Waals surface area (Å²) in [5.74, 6) is 1.89. The molecule has 0 aromatic carbocycles. The van der Waals surface area contributed by atoms with E-state index in [-0.39, 0.29) is 17.7 Å². The lowest BCUT2D eigenvalue weighted by atomic mass is 9.94. The number of amides is 2. The zero-order valence-corrected chi connectivity index (χ0v) is 16.1. The minimum absolute atomic E-state index is 0.0746. The van der Waals surface area contributed by atoms with Crippen molar-refractivity contribution in [2.75, 3.05) is 44.2 Å². The Balaban J connectivity index is 1.27. The summed E-state index contributed by atoms with van der Waals surface area (Å²) in [7, 11) is 0. The second-order valence-electron chi connectivity index (χ2n) is 7.91. The van der Waals surface area contributed by atoms with Gasteiger partial charge in [0.1, 0.15) is 12.1 Å². The molecule has 2 amide bonds. The maximum Gasteiger partial charge on any atom is 0.225 e. The number of likely N-dealkylation sites (tertiary alicyclic amines) is 1. The summed E-state index contributed by atoms with van der Waals surface area (Å²) >= 11 is 0. The van der Waals surface area contributed by atoms with Crippen molar-refractivity contribution in [2.45, 2.75) is 39.0 Å². The SMILES string of the molecule is CCc1cc(N2CCN(C(=O)C3CCN(C(=O)C4CC4)CC3)CC2)ncn1. The van der Waals surface area contributed by atoms with Gasteiger partial charge >= 0.3 is 0 Å². The van der Waals surface area contributed by atoms with Crippen LogP contribution in [0.1, 0.15) is 38.3 Å². The van der Waals surface area contributed by atoms with Gasteiger partial charge in [0.15, 0.2) is 0 Å². The largest absolute Gasteiger partial charge is 0.353 e. The molecule has 4 rings (SSSR count). The molecule has 0 unspecified atom stereocenters.